The summed E-state index contributed by atoms with van der Waals surface area (Å²) in [6.07, 6.45) is 2.26. The van der Waals surface area contributed by atoms with Crippen LogP contribution in [0.2, 0.25) is 0 Å². The van der Waals surface area contributed by atoms with E-state index in [1.807, 2.05) is 0 Å². The van der Waals surface area contributed by atoms with E-state index in [0.717, 1.165) is 18.9 Å². The molecule has 0 amide bonds. The van der Waals surface area contributed by atoms with Crippen LogP contribution in [0.5, 0.6) is 0 Å². The SMILES string of the molecule is CC[C@H]1C[C@@H](C(C)=O)N(I)C1. The van der Waals surface area contributed by atoms with Crippen LogP contribution in [0, 0.1) is 5.92 Å². The summed E-state index contributed by atoms with van der Waals surface area (Å²) in [5, 5.41) is 0. The minimum atomic E-state index is 0.195. The lowest BCUT2D eigenvalue weighted by atomic mass is 10.0. The van der Waals surface area contributed by atoms with Gasteiger partial charge in [-0.05, 0) is 19.3 Å². The Balaban J connectivity index is 2.51. The van der Waals surface area contributed by atoms with Crippen molar-refractivity contribution in [2.24, 2.45) is 5.92 Å². The van der Waals surface area contributed by atoms with Gasteiger partial charge in [-0.1, -0.05) is 13.3 Å². The lowest BCUT2D eigenvalue weighted by Gasteiger charge is -2.12. The van der Waals surface area contributed by atoms with Crippen molar-refractivity contribution in [2.75, 3.05) is 6.54 Å². The van der Waals surface area contributed by atoms with Gasteiger partial charge in [0.15, 0.2) is 0 Å². The predicted molar refractivity (Wildman–Crippen MR) is 53.6 cm³/mol. The van der Waals surface area contributed by atoms with Gasteiger partial charge >= 0.3 is 0 Å². The van der Waals surface area contributed by atoms with E-state index in [9.17, 15) is 4.79 Å². The van der Waals surface area contributed by atoms with E-state index in [2.05, 4.69) is 32.9 Å². The van der Waals surface area contributed by atoms with Crippen molar-refractivity contribution < 1.29 is 4.79 Å². The molecule has 0 unspecified atom stereocenters. The Morgan fingerprint density at radius 2 is 2.36 bits per heavy atom. The van der Waals surface area contributed by atoms with Crippen LogP contribution in [0.3, 0.4) is 0 Å². The molecule has 1 heterocycles. The van der Waals surface area contributed by atoms with Crippen molar-refractivity contribution in [3.63, 3.8) is 0 Å². The van der Waals surface area contributed by atoms with Gasteiger partial charge < -0.3 is 0 Å². The van der Waals surface area contributed by atoms with Gasteiger partial charge in [-0.15, -0.1) is 0 Å². The van der Waals surface area contributed by atoms with Crippen molar-refractivity contribution in [3.8, 4) is 0 Å². The number of Topliss-reactive ketones (excluding diaryl/α,β-unsaturated/α-hetero) is 1. The quantitative estimate of drug-likeness (QED) is 0.563. The van der Waals surface area contributed by atoms with Crippen LogP contribution >= 0.6 is 22.9 Å². The lowest BCUT2D eigenvalue weighted by Crippen LogP contribution is -2.26. The van der Waals surface area contributed by atoms with E-state index in [4.69, 9.17) is 0 Å². The van der Waals surface area contributed by atoms with Crippen LogP contribution < -0.4 is 0 Å². The van der Waals surface area contributed by atoms with Crippen molar-refractivity contribution in [1.82, 2.24) is 3.11 Å². The summed E-state index contributed by atoms with van der Waals surface area (Å²) in [4.78, 5) is 11.1. The molecule has 0 radical (unpaired) electrons. The minimum Gasteiger partial charge on any atom is -0.298 e. The highest BCUT2D eigenvalue weighted by molar-refractivity contribution is 14.1. The standard InChI is InChI=1S/C8H14INO/c1-3-7-4-8(6(2)11)10(9)5-7/h7-8H,3-5H2,1-2H3/t7-,8-/m0/s1. The molecule has 0 aromatic rings. The first kappa shape index (κ1) is 9.45. The molecular weight excluding hydrogens is 253 g/mol. The fraction of sp³-hybridized carbons (Fsp3) is 0.875. The first-order valence-corrected chi connectivity index (χ1v) is 5.04. The van der Waals surface area contributed by atoms with Crippen LogP contribution in [-0.2, 0) is 4.79 Å². The van der Waals surface area contributed by atoms with E-state index in [1.54, 1.807) is 6.92 Å². The van der Waals surface area contributed by atoms with E-state index < -0.39 is 0 Å². The molecule has 1 fully saturated rings. The summed E-state index contributed by atoms with van der Waals surface area (Å²) in [6.45, 7) is 4.97. The maximum Gasteiger partial charge on any atom is 0.147 e. The molecule has 64 valence electrons. The van der Waals surface area contributed by atoms with Crippen molar-refractivity contribution in [1.29, 1.82) is 0 Å². The highest BCUT2D eigenvalue weighted by atomic mass is 127. The topological polar surface area (TPSA) is 20.3 Å². The molecule has 1 aliphatic rings. The highest BCUT2D eigenvalue weighted by Crippen LogP contribution is 2.28. The van der Waals surface area contributed by atoms with Gasteiger partial charge in [0.1, 0.15) is 5.78 Å². The number of halogens is 1. The average Bonchev–Trinajstić information content (AvgIpc) is 2.30. The Kier molecular flexibility index (Phi) is 3.30. The summed E-state index contributed by atoms with van der Waals surface area (Å²) in [5.74, 6) is 1.05. The summed E-state index contributed by atoms with van der Waals surface area (Å²) in [5.41, 5.74) is 0. The molecule has 0 aliphatic carbocycles. The predicted octanol–water partition coefficient (Wildman–Crippen LogP) is 2.03. The molecule has 2 nitrogen and oxygen atoms in total. The number of hydrogen-bond acceptors (Lipinski definition) is 2. The van der Waals surface area contributed by atoms with Crippen LogP contribution in [0.4, 0.5) is 0 Å². The van der Waals surface area contributed by atoms with Gasteiger partial charge in [0.25, 0.3) is 0 Å². The lowest BCUT2D eigenvalue weighted by molar-refractivity contribution is -0.119. The van der Waals surface area contributed by atoms with Crippen LogP contribution in [-0.4, -0.2) is 21.5 Å². The molecule has 0 spiro atoms. The third-order valence-corrected chi connectivity index (χ3v) is 3.44. The van der Waals surface area contributed by atoms with E-state index >= 15 is 0 Å². The molecule has 11 heavy (non-hydrogen) atoms. The summed E-state index contributed by atoms with van der Waals surface area (Å²) in [7, 11) is 0. The molecule has 0 N–H and O–H groups in total. The van der Waals surface area contributed by atoms with E-state index in [1.165, 1.54) is 6.42 Å². The zero-order valence-corrected chi connectivity index (χ0v) is 9.17. The van der Waals surface area contributed by atoms with Crippen molar-refractivity contribution in [3.05, 3.63) is 0 Å². The Hall–Kier alpha value is 0.360. The van der Waals surface area contributed by atoms with Gasteiger partial charge in [-0.25, -0.2) is 3.11 Å². The molecule has 0 saturated carbocycles. The van der Waals surface area contributed by atoms with Gasteiger partial charge in [-0.2, -0.15) is 0 Å². The molecule has 3 heteroatoms. The second-order valence-electron chi connectivity index (χ2n) is 3.22. The van der Waals surface area contributed by atoms with Crippen LogP contribution in [0.1, 0.15) is 26.7 Å². The first-order chi connectivity index (χ1) is 5.15. The van der Waals surface area contributed by atoms with E-state index in [0.29, 0.717) is 5.78 Å². The number of nitrogens with zero attached hydrogens (tertiary/aromatic N) is 1. The maximum absolute atomic E-state index is 11.1. The van der Waals surface area contributed by atoms with Crippen molar-refractivity contribution in [2.45, 2.75) is 32.7 Å². The molecule has 1 rings (SSSR count). The zero-order chi connectivity index (χ0) is 8.43. The third-order valence-electron chi connectivity index (χ3n) is 2.37. The zero-order valence-electron chi connectivity index (χ0n) is 7.01. The first-order valence-electron chi connectivity index (χ1n) is 4.08. The van der Waals surface area contributed by atoms with Crippen LogP contribution in [0.15, 0.2) is 0 Å². The van der Waals surface area contributed by atoms with Crippen LogP contribution in [0.25, 0.3) is 0 Å². The van der Waals surface area contributed by atoms with Gasteiger partial charge in [0.05, 0.1) is 6.04 Å². The van der Waals surface area contributed by atoms with Gasteiger partial charge in [0, 0.05) is 29.4 Å². The Bertz CT molecular complexity index is 160. The number of hydrogen-bond donors (Lipinski definition) is 0. The van der Waals surface area contributed by atoms with Crippen molar-refractivity contribution >= 4 is 28.6 Å². The highest BCUT2D eigenvalue weighted by Gasteiger charge is 2.32. The summed E-state index contributed by atoms with van der Waals surface area (Å²) >= 11 is 2.26. The molecule has 0 aromatic heterocycles. The summed E-state index contributed by atoms with van der Waals surface area (Å²) < 4.78 is 2.15. The second kappa shape index (κ2) is 3.85. The van der Waals surface area contributed by atoms with Gasteiger partial charge in [0.2, 0.25) is 0 Å². The molecular formula is C8H14INO. The minimum absolute atomic E-state index is 0.195. The largest absolute Gasteiger partial charge is 0.298 e. The Morgan fingerprint density at radius 3 is 2.64 bits per heavy atom. The molecule has 0 aromatic carbocycles. The number of ketones is 1. The maximum atomic E-state index is 11.1. The average molecular weight is 267 g/mol. The Labute approximate surface area is 81.8 Å². The molecule has 0 bridgehead atoms. The smallest absolute Gasteiger partial charge is 0.147 e. The Morgan fingerprint density at radius 1 is 1.73 bits per heavy atom. The van der Waals surface area contributed by atoms with E-state index in [-0.39, 0.29) is 6.04 Å². The molecule has 1 saturated heterocycles. The van der Waals surface area contributed by atoms with Gasteiger partial charge in [-0.3, -0.25) is 4.79 Å². The fourth-order valence-electron chi connectivity index (χ4n) is 1.54. The molecule has 2 atom stereocenters. The number of carbonyl (C=O) groups excluding carboxylic acids is 1. The monoisotopic (exact) mass is 267 g/mol. The second-order valence-corrected chi connectivity index (χ2v) is 4.46. The fourth-order valence-corrected chi connectivity index (χ4v) is 2.71. The molecule has 1 aliphatic heterocycles. The third kappa shape index (κ3) is 2.15. The summed E-state index contributed by atoms with van der Waals surface area (Å²) in [6, 6.07) is 0.195. The normalized spacial score (nSPS) is 32.6. The number of carbonyl (C=O) groups is 1. The number of rotatable bonds is 2.